The van der Waals surface area contributed by atoms with Crippen LogP contribution in [0.25, 0.3) is 0 Å². The second-order valence-corrected chi connectivity index (χ2v) is 6.10. The van der Waals surface area contributed by atoms with Gasteiger partial charge < -0.3 is 10.6 Å². The zero-order valence-electron chi connectivity index (χ0n) is 11.5. The van der Waals surface area contributed by atoms with Crippen molar-refractivity contribution in [3.63, 3.8) is 0 Å². The van der Waals surface area contributed by atoms with Crippen molar-refractivity contribution in [3.8, 4) is 0 Å². The number of likely N-dealkylation sites (tertiary alicyclic amines) is 1. The summed E-state index contributed by atoms with van der Waals surface area (Å²) in [5, 5.41) is 0. The molecule has 18 heavy (non-hydrogen) atoms. The molecule has 2 rings (SSSR count). The topological polar surface area (TPSA) is 46.3 Å². The van der Waals surface area contributed by atoms with Gasteiger partial charge in [0.05, 0.1) is 0 Å². The third-order valence-electron chi connectivity index (χ3n) is 4.60. The van der Waals surface area contributed by atoms with E-state index in [4.69, 9.17) is 5.73 Å². The van der Waals surface area contributed by atoms with Crippen LogP contribution in [0.3, 0.4) is 0 Å². The summed E-state index contributed by atoms with van der Waals surface area (Å²) in [5.41, 5.74) is 5.57. The Labute approximate surface area is 117 Å². The first kappa shape index (κ1) is 15.8. The fourth-order valence-electron chi connectivity index (χ4n) is 3.47. The highest BCUT2D eigenvalue weighted by atomic mass is 35.5. The molecule has 2 N–H and O–H groups in total. The maximum atomic E-state index is 12.6. The lowest BCUT2D eigenvalue weighted by Crippen LogP contribution is -2.46. The maximum absolute atomic E-state index is 12.6. The summed E-state index contributed by atoms with van der Waals surface area (Å²) >= 11 is 0. The van der Waals surface area contributed by atoms with Gasteiger partial charge in [-0.05, 0) is 44.6 Å². The molecule has 0 aromatic carbocycles. The van der Waals surface area contributed by atoms with Gasteiger partial charge in [-0.1, -0.05) is 19.8 Å². The molecule has 1 unspecified atom stereocenters. The fraction of sp³-hybridized carbons (Fsp3) is 0.929. The SMILES string of the molecule is CC1(C(=O)N2CCCC(CCN)C2)CCCC1.Cl. The lowest BCUT2D eigenvalue weighted by atomic mass is 9.85. The summed E-state index contributed by atoms with van der Waals surface area (Å²) < 4.78 is 0. The molecule has 1 saturated carbocycles. The number of carbonyl (C=O) groups excluding carboxylic acids is 1. The van der Waals surface area contributed by atoms with Crippen LogP contribution in [-0.4, -0.2) is 30.4 Å². The molecule has 1 aliphatic carbocycles. The normalized spacial score (nSPS) is 26.8. The highest BCUT2D eigenvalue weighted by Gasteiger charge is 2.40. The second kappa shape index (κ2) is 6.76. The minimum absolute atomic E-state index is 0. The van der Waals surface area contributed by atoms with Gasteiger partial charge in [-0.2, -0.15) is 0 Å². The Hall–Kier alpha value is -0.280. The van der Waals surface area contributed by atoms with Gasteiger partial charge in [0.25, 0.3) is 0 Å². The van der Waals surface area contributed by atoms with Crippen LogP contribution in [0.5, 0.6) is 0 Å². The van der Waals surface area contributed by atoms with Crippen molar-refractivity contribution >= 4 is 18.3 Å². The summed E-state index contributed by atoms with van der Waals surface area (Å²) in [5.74, 6) is 1.06. The first-order chi connectivity index (χ1) is 8.15. The molecular formula is C14H27ClN2O. The highest BCUT2D eigenvalue weighted by molar-refractivity contribution is 5.85. The van der Waals surface area contributed by atoms with Crippen LogP contribution in [-0.2, 0) is 4.79 Å². The van der Waals surface area contributed by atoms with E-state index in [9.17, 15) is 4.79 Å². The highest BCUT2D eigenvalue weighted by Crippen LogP contribution is 2.40. The zero-order valence-corrected chi connectivity index (χ0v) is 12.3. The van der Waals surface area contributed by atoms with E-state index in [0.717, 1.165) is 45.3 Å². The molecule has 1 amide bonds. The number of halogens is 1. The average molecular weight is 275 g/mol. The van der Waals surface area contributed by atoms with Crippen LogP contribution >= 0.6 is 12.4 Å². The first-order valence-electron chi connectivity index (χ1n) is 7.15. The number of carbonyl (C=O) groups is 1. The van der Waals surface area contributed by atoms with Gasteiger partial charge >= 0.3 is 0 Å². The molecule has 0 spiro atoms. The monoisotopic (exact) mass is 274 g/mol. The number of nitrogens with two attached hydrogens (primary N) is 1. The number of piperidine rings is 1. The molecule has 0 bridgehead atoms. The Bertz CT molecular complexity index is 275. The lowest BCUT2D eigenvalue weighted by Gasteiger charge is -2.37. The van der Waals surface area contributed by atoms with E-state index < -0.39 is 0 Å². The molecule has 0 radical (unpaired) electrons. The van der Waals surface area contributed by atoms with Gasteiger partial charge in [-0.25, -0.2) is 0 Å². The third kappa shape index (κ3) is 3.39. The average Bonchev–Trinajstić information content (AvgIpc) is 2.77. The van der Waals surface area contributed by atoms with Crippen LogP contribution in [0.4, 0.5) is 0 Å². The van der Waals surface area contributed by atoms with E-state index in [0.29, 0.717) is 11.8 Å². The number of hydrogen-bond donors (Lipinski definition) is 1. The minimum atomic E-state index is -0.0510. The third-order valence-corrected chi connectivity index (χ3v) is 4.60. The predicted molar refractivity (Wildman–Crippen MR) is 76.8 cm³/mol. The molecule has 3 nitrogen and oxygen atoms in total. The molecule has 2 aliphatic rings. The smallest absolute Gasteiger partial charge is 0.228 e. The van der Waals surface area contributed by atoms with Gasteiger partial charge in [-0.15, -0.1) is 12.4 Å². The summed E-state index contributed by atoms with van der Waals surface area (Å²) in [4.78, 5) is 14.7. The summed E-state index contributed by atoms with van der Waals surface area (Å²) in [7, 11) is 0. The molecule has 1 heterocycles. The van der Waals surface area contributed by atoms with Crippen molar-refractivity contribution in [1.82, 2.24) is 4.90 Å². The molecule has 0 aromatic rings. The standard InChI is InChI=1S/C14H26N2O.ClH/c1-14(7-2-3-8-14)13(17)16-10-4-5-12(11-16)6-9-15;/h12H,2-11,15H2,1H3;1H. The summed E-state index contributed by atoms with van der Waals surface area (Å²) in [6.45, 7) is 4.83. The van der Waals surface area contributed by atoms with Crippen LogP contribution in [0.2, 0.25) is 0 Å². The van der Waals surface area contributed by atoms with E-state index in [2.05, 4.69) is 11.8 Å². The van der Waals surface area contributed by atoms with Gasteiger partial charge in [0, 0.05) is 18.5 Å². The summed E-state index contributed by atoms with van der Waals surface area (Å²) in [6.07, 6.45) is 8.10. The molecule has 0 aromatic heterocycles. The largest absolute Gasteiger partial charge is 0.342 e. The Morgan fingerprint density at radius 3 is 2.61 bits per heavy atom. The fourth-order valence-corrected chi connectivity index (χ4v) is 3.47. The first-order valence-corrected chi connectivity index (χ1v) is 7.15. The lowest BCUT2D eigenvalue weighted by molar-refractivity contribution is -0.142. The van der Waals surface area contributed by atoms with Gasteiger partial charge in [0.2, 0.25) is 5.91 Å². The molecule has 4 heteroatoms. The van der Waals surface area contributed by atoms with Gasteiger partial charge in [0.1, 0.15) is 0 Å². The van der Waals surface area contributed by atoms with Crippen molar-refractivity contribution in [1.29, 1.82) is 0 Å². The van der Waals surface area contributed by atoms with Gasteiger partial charge in [0.15, 0.2) is 0 Å². The summed E-state index contributed by atoms with van der Waals surface area (Å²) in [6, 6.07) is 0. The Morgan fingerprint density at radius 1 is 1.33 bits per heavy atom. The van der Waals surface area contributed by atoms with E-state index in [1.807, 2.05) is 0 Å². The van der Waals surface area contributed by atoms with Crippen LogP contribution < -0.4 is 5.73 Å². The van der Waals surface area contributed by atoms with E-state index in [-0.39, 0.29) is 17.8 Å². The molecule has 106 valence electrons. The van der Waals surface area contributed by atoms with Crippen molar-refractivity contribution in [2.24, 2.45) is 17.1 Å². The Balaban J connectivity index is 0.00000162. The molecule has 1 atom stereocenters. The zero-order chi connectivity index (χ0) is 12.3. The van der Waals surface area contributed by atoms with Crippen LogP contribution in [0, 0.1) is 11.3 Å². The second-order valence-electron chi connectivity index (χ2n) is 6.10. The molecule has 2 fully saturated rings. The maximum Gasteiger partial charge on any atom is 0.228 e. The van der Waals surface area contributed by atoms with E-state index >= 15 is 0 Å². The molecular weight excluding hydrogens is 248 g/mol. The van der Waals surface area contributed by atoms with Crippen LogP contribution in [0.1, 0.15) is 51.9 Å². The van der Waals surface area contributed by atoms with Crippen molar-refractivity contribution < 1.29 is 4.79 Å². The van der Waals surface area contributed by atoms with Crippen molar-refractivity contribution in [3.05, 3.63) is 0 Å². The van der Waals surface area contributed by atoms with Gasteiger partial charge in [-0.3, -0.25) is 4.79 Å². The van der Waals surface area contributed by atoms with E-state index in [1.165, 1.54) is 19.3 Å². The van der Waals surface area contributed by atoms with E-state index in [1.54, 1.807) is 0 Å². The number of hydrogen-bond acceptors (Lipinski definition) is 2. The minimum Gasteiger partial charge on any atom is -0.342 e. The quantitative estimate of drug-likeness (QED) is 0.860. The number of nitrogens with zero attached hydrogens (tertiary/aromatic N) is 1. The van der Waals surface area contributed by atoms with Crippen molar-refractivity contribution in [2.45, 2.75) is 51.9 Å². The molecule has 1 saturated heterocycles. The molecule has 1 aliphatic heterocycles. The number of rotatable bonds is 3. The number of amides is 1. The van der Waals surface area contributed by atoms with Crippen molar-refractivity contribution in [2.75, 3.05) is 19.6 Å². The Morgan fingerprint density at radius 2 is 2.00 bits per heavy atom. The predicted octanol–water partition coefficient (Wildman–Crippen LogP) is 2.58. The Kier molecular flexibility index (Phi) is 5.93. The van der Waals surface area contributed by atoms with Crippen LogP contribution in [0.15, 0.2) is 0 Å².